The first-order chi connectivity index (χ1) is 9.67. The SMILES string of the molecule is COc1cc2oc(-c3ccc(O)cc3)ccc-2c(=O)c1.Cl. The van der Waals surface area contributed by atoms with Gasteiger partial charge in [0.15, 0.2) is 5.43 Å². The lowest BCUT2D eigenvalue weighted by molar-refractivity contribution is 0.412. The Morgan fingerprint density at radius 2 is 1.71 bits per heavy atom. The Kier molecular flexibility index (Phi) is 4.19. The molecule has 1 N–H and O–H groups in total. The molecule has 1 heterocycles. The molecular weight excluding hydrogens is 292 g/mol. The van der Waals surface area contributed by atoms with Crippen LogP contribution in [0.15, 0.2) is 57.7 Å². The van der Waals surface area contributed by atoms with E-state index in [1.54, 1.807) is 42.5 Å². The summed E-state index contributed by atoms with van der Waals surface area (Å²) >= 11 is 0. The van der Waals surface area contributed by atoms with Crippen LogP contribution in [0.1, 0.15) is 0 Å². The molecule has 1 aromatic rings. The third kappa shape index (κ3) is 2.85. The van der Waals surface area contributed by atoms with Crippen molar-refractivity contribution in [3.05, 3.63) is 58.8 Å². The lowest BCUT2D eigenvalue weighted by Gasteiger charge is -2.09. The molecule has 0 radical (unpaired) electrons. The maximum atomic E-state index is 11.9. The molecule has 0 aromatic heterocycles. The van der Waals surface area contributed by atoms with Crippen LogP contribution < -0.4 is 10.2 Å². The zero-order valence-electron chi connectivity index (χ0n) is 11.2. The molecular formula is C16H13ClO4. The maximum Gasteiger partial charge on any atom is 0.193 e. The summed E-state index contributed by atoms with van der Waals surface area (Å²) < 4.78 is 10.8. The molecule has 21 heavy (non-hydrogen) atoms. The van der Waals surface area contributed by atoms with Crippen LogP contribution >= 0.6 is 12.4 Å². The van der Waals surface area contributed by atoms with Gasteiger partial charge in [0, 0.05) is 17.7 Å². The zero-order valence-corrected chi connectivity index (χ0v) is 12.0. The molecule has 0 unspecified atom stereocenters. The molecule has 4 nitrogen and oxygen atoms in total. The molecule has 108 valence electrons. The summed E-state index contributed by atoms with van der Waals surface area (Å²) in [5, 5.41) is 9.29. The largest absolute Gasteiger partial charge is 0.508 e. The van der Waals surface area contributed by atoms with Crippen molar-refractivity contribution < 1.29 is 14.3 Å². The van der Waals surface area contributed by atoms with Gasteiger partial charge in [-0.1, -0.05) is 0 Å². The number of benzene rings is 2. The van der Waals surface area contributed by atoms with Crippen LogP contribution in [0, 0.1) is 0 Å². The van der Waals surface area contributed by atoms with Gasteiger partial charge in [0.2, 0.25) is 0 Å². The van der Waals surface area contributed by atoms with E-state index in [1.165, 1.54) is 13.2 Å². The van der Waals surface area contributed by atoms with E-state index in [4.69, 9.17) is 9.15 Å². The van der Waals surface area contributed by atoms with Gasteiger partial charge in [-0.2, -0.15) is 0 Å². The van der Waals surface area contributed by atoms with Gasteiger partial charge in [0.05, 0.1) is 12.7 Å². The van der Waals surface area contributed by atoms with Gasteiger partial charge in [0.1, 0.15) is 23.0 Å². The summed E-state index contributed by atoms with van der Waals surface area (Å²) in [4.78, 5) is 11.9. The Morgan fingerprint density at radius 3 is 2.38 bits per heavy atom. The monoisotopic (exact) mass is 304 g/mol. The predicted molar refractivity (Wildman–Crippen MR) is 82.5 cm³/mol. The topological polar surface area (TPSA) is 59.7 Å². The highest BCUT2D eigenvalue weighted by molar-refractivity contribution is 5.85. The first kappa shape index (κ1) is 14.9. The van der Waals surface area contributed by atoms with E-state index in [2.05, 4.69) is 0 Å². The van der Waals surface area contributed by atoms with Crippen molar-refractivity contribution in [2.45, 2.75) is 0 Å². The molecule has 1 aromatic carbocycles. The normalized spacial score (nSPS) is 10.1. The summed E-state index contributed by atoms with van der Waals surface area (Å²) in [7, 11) is 1.50. The summed E-state index contributed by atoms with van der Waals surface area (Å²) in [5.74, 6) is 1.75. The van der Waals surface area contributed by atoms with E-state index in [1.807, 2.05) is 0 Å². The minimum Gasteiger partial charge on any atom is -0.508 e. The van der Waals surface area contributed by atoms with Gasteiger partial charge in [-0.15, -0.1) is 12.4 Å². The van der Waals surface area contributed by atoms with E-state index in [-0.39, 0.29) is 23.6 Å². The molecule has 0 amide bonds. The number of fused-ring (bicyclic) bond motifs is 1. The summed E-state index contributed by atoms with van der Waals surface area (Å²) in [6, 6.07) is 13.2. The molecule has 0 atom stereocenters. The number of phenolic OH excluding ortho intramolecular Hbond substituents is 1. The Morgan fingerprint density at radius 1 is 1.00 bits per heavy atom. The van der Waals surface area contributed by atoms with E-state index in [0.29, 0.717) is 22.8 Å². The first-order valence-electron chi connectivity index (χ1n) is 6.09. The maximum absolute atomic E-state index is 11.9. The quantitative estimate of drug-likeness (QED) is 0.786. The standard InChI is InChI=1S/C16H12O4.ClH/c1-19-12-8-14(18)13-6-7-15(20-16(13)9-12)10-2-4-11(17)5-3-10;/h2-9,17H,1H3;1H. The van der Waals surface area contributed by atoms with Gasteiger partial charge >= 0.3 is 0 Å². The molecule has 0 spiro atoms. The fraction of sp³-hybridized carbons (Fsp3) is 0.0625. The second-order valence-corrected chi connectivity index (χ2v) is 4.38. The van der Waals surface area contributed by atoms with Crippen molar-refractivity contribution in [2.75, 3.05) is 7.11 Å². The van der Waals surface area contributed by atoms with Crippen LogP contribution in [0.5, 0.6) is 11.5 Å². The average molecular weight is 305 g/mol. The van der Waals surface area contributed by atoms with Crippen LogP contribution in [0.2, 0.25) is 0 Å². The van der Waals surface area contributed by atoms with Crippen molar-refractivity contribution in [1.29, 1.82) is 0 Å². The van der Waals surface area contributed by atoms with Crippen LogP contribution in [-0.2, 0) is 0 Å². The second kappa shape index (κ2) is 5.89. The molecule has 1 aliphatic heterocycles. The summed E-state index contributed by atoms with van der Waals surface area (Å²) in [6.07, 6.45) is 0. The van der Waals surface area contributed by atoms with Crippen molar-refractivity contribution in [1.82, 2.24) is 0 Å². The number of phenols is 1. The lowest BCUT2D eigenvalue weighted by atomic mass is 10.1. The molecule has 2 aliphatic rings. The van der Waals surface area contributed by atoms with Gasteiger partial charge in [0.25, 0.3) is 0 Å². The van der Waals surface area contributed by atoms with Gasteiger partial charge in [-0.05, 0) is 36.4 Å². The minimum absolute atomic E-state index is 0. The average Bonchev–Trinajstić information content (AvgIpc) is 2.47. The van der Waals surface area contributed by atoms with E-state index in [0.717, 1.165) is 5.56 Å². The minimum atomic E-state index is -0.139. The molecule has 0 fully saturated rings. The Labute approximate surface area is 127 Å². The Hall–Kier alpha value is -2.46. The lowest BCUT2D eigenvalue weighted by Crippen LogP contribution is -2.05. The van der Waals surface area contributed by atoms with Crippen LogP contribution in [0.4, 0.5) is 0 Å². The number of hydrogen-bond acceptors (Lipinski definition) is 4. The summed E-state index contributed by atoms with van der Waals surface area (Å²) in [5.41, 5.74) is 1.19. The van der Waals surface area contributed by atoms with Gasteiger partial charge < -0.3 is 14.3 Å². The zero-order chi connectivity index (χ0) is 14.1. The van der Waals surface area contributed by atoms with E-state index < -0.39 is 0 Å². The number of methoxy groups -OCH3 is 1. The second-order valence-electron chi connectivity index (χ2n) is 4.38. The molecule has 5 heteroatoms. The molecule has 0 saturated carbocycles. The molecule has 0 bridgehead atoms. The fourth-order valence-corrected chi connectivity index (χ4v) is 2.04. The molecule has 1 aliphatic carbocycles. The number of hydrogen-bond donors (Lipinski definition) is 1. The highest BCUT2D eigenvalue weighted by Gasteiger charge is 2.12. The van der Waals surface area contributed by atoms with Crippen molar-refractivity contribution in [3.8, 4) is 34.1 Å². The highest BCUT2D eigenvalue weighted by atomic mass is 35.5. The number of ether oxygens (including phenoxy) is 1. The van der Waals surface area contributed by atoms with Crippen LogP contribution in [-0.4, -0.2) is 12.2 Å². The van der Waals surface area contributed by atoms with Crippen molar-refractivity contribution in [3.63, 3.8) is 0 Å². The smallest absolute Gasteiger partial charge is 0.193 e. The number of halogens is 1. The number of aromatic hydroxyl groups is 1. The predicted octanol–water partition coefficient (Wildman–Crippen LogP) is 3.55. The third-order valence-corrected chi connectivity index (χ3v) is 3.09. The van der Waals surface area contributed by atoms with Crippen LogP contribution in [0.25, 0.3) is 22.6 Å². The Bertz CT molecular complexity index is 777. The summed E-state index contributed by atoms with van der Waals surface area (Å²) in [6.45, 7) is 0. The third-order valence-electron chi connectivity index (χ3n) is 3.09. The van der Waals surface area contributed by atoms with Gasteiger partial charge in [-0.25, -0.2) is 0 Å². The van der Waals surface area contributed by atoms with E-state index >= 15 is 0 Å². The number of rotatable bonds is 2. The highest BCUT2D eigenvalue weighted by Crippen LogP contribution is 2.29. The molecule has 3 rings (SSSR count). The fourth-order valence-electron chi connectivity index (χ4n) is 2.04. The first-order valence-corrected chi connectivity index (χ1v) is 6.09. The van der Waals surface area contributed by atoms with Crippen molar-refractivity contribution >= 4 is 12.4 Å². The molecule has 0 saturated heterocycles. The van der Waals surface area contributed by atoms with Crippen LogP contribution in [0.3, 0.4) is 0 Å². The van der Waals surface area contributed by atoms with Gasteiger partial charge in [-0.3, -0.25) is 4.79 Å². The van der Waals surface area contributed by atoms with Crippen molar-refractivity contribution in [2.24, 2.45) is 0 Å². The Balaban J connectivity index is 0.00000161. The van der Waals surface area contributed by atoms with E-state index in [9.17, 15) is 9.90 Å².